The Morgan fingerprint density at radius 3 is 2.53 bits per heavy atom. The maximum absolute atomic E-state index is 12.8. The van der Waals surface area contributed by atoms with Gasteiger partial charge in [-0.2, -0.15) is 0 Å². The van der Waals surface area contributed by atoms with Crippen LogP contribution in [0.2, 0.25) is 5.02 Å². The molecule has 32 heavy (non-hydrogen) atoms. The Hall–Kier alpha value is -3.39. The zero-order valence-electron chi connectivity index (χ0n) is 17.5. The lowest BCUT2D eigenvalue weighted by Crippen LogP contribution is -2.33. The number of hydrogen-bond donors (Lipinski definition) is 1. The number of hydrogen-bond acceptors (Lipinski definition) is 4. The third kappa shape index (κ3) is 5.64. The number of aryl methyl sites for hydroxylation is 1. The molecule has 3 rings (SSSR count). The van der Waals surface area contributed by atoms with E-state index >= 15 is 0 Å². The number of nitrogens with one attached hydrogen (secondary N) is 1. The average Bonchev–Trinajstić information content (AvgIpc) is 2.77. The quantitative estimate of drug-likeness (QED) is 0.559. The Kier molecular flexibility index (Phi) is 7.48. The van der Waals surface area contributed by atoms with Gasteiger partial charge in [-0.05, 0) is 42.8 Å². The number of carbonyl (C=O) groups is 2. The smallest absolute Gasteiger partial charge is 0.256 e. The minimum absolute atomic E-state index is 0.147. The number of carbonyl (C=O) groups excluding carboxylic acids is 2. The molecule has 0 unspecified atom stereocenters. The van der Waals surface area contributed by atoms with Gasteiger partial charge in [-0.15, -0.1) is 0 Å². The van der Waals surface area contributed by atoms with Crippen LogP contribution in [0.1, 0.15) is 28.5 Å². The number of pyridine rings is 2. The second-order valence-corrected chi connectivity index (χ2v) is 7.46. The Morgan fingerprint density at radius 2 is 1.94 bits per heavy atom. The fourth-order valence-electron chi connectivity index (χ4n) is 3.10. The first-order chi connectivity index (χ1) is 15.3. The van der Waals surface area contributed by atoms with Gasteiger partial charge in [-0.1, -0.05) is 23.7 Å². The summed E-state index contributed by atoms with van der Waals surface area (Å²) in [5.74, 6) is -0.806. The molecule has 0 aliphatic heterocycles. The minimum atomic E-state index is -2.68. The molecule has 166 valence electrons. The molecule has 0 spiro atoms. The molecular weight excluding hydrogens is 438 g/mol. The Balaban J connectivity index is 1.72. The molecule has 0 bridgehead atoms. The topological polar surface area (TPSA) is 75.2 Å². The molecule has 9 heteroatoms. The first-order valence-corrected chi connectivity index (χ1v) is 10.1. The fraction of sp³-hybridized carbons (Fsp3) is 0.217. The molecule has 6 nitrogen and oxygen atoms in total. The lowest BCUT2D eigenvalue weighted by atomic mass is 10.1. The van der Waals surface area contributed by atoms with Crippen LogP contribution < -0.4 is 10.2 Å². The van der Waals surface area contributed by atoms with Crippen molar-refractivity contribution in [1.82, 2.24) is 15.3 Å². The summed E-state index contributed by atoms with van der Waals surface area (Å²) in [6.45, 7) is 2.68. The standard InChI is InChI=1S/C23H21ClF2N4O2/c1-14-17(4-3-9-27-14)11-29-23(32)18-5-7-20(28-12-18)16-6-8-21(19(24)10-16)30(15(2)31)13-22(25)26/h3-10,12,22H,11,13H2,1-2H3,(H,29,32). The second kappa shape index (κ2) is 10.3. The third-order valence-corrected chi connectivity index (χ3v) is 5.12. The van der Waals surface area contributed by atoms with Crippen molar-refractivity contribution in [3.63, 3.8) is 0 Å². The van der Waals surface area contributed by atoms with Gasteiger partial charge in [0, 0.05) is 37.1 Å². The van der Waals surface area contributed by atoms with E-state index < -0.39 is 18.9 Å². The number of anilines is 1. The van der Waals surface area contributed by atoms with Crippen LogP contribution in [0.4, 0.5) is 14.5 Å². The molecule has 0 aliphatic carbocycles. The van der Waals surface area contributed by atoms with Crippen molar-refractivity contribution in [3.05, 3.63) is 76.7 Å². The molecule has 1 N–H and O–H groups in total. The monoisotopic (exact) mass is 458 g/mol. The molecule has 2 heterocycles. The van der Waals surface area contributed by atoms with E-state index in [9.17, 15) is 18.4 Å². The highest BCUT2D eigenvalue weighted by molar-refractivity contribution is 6.34. The van der Waals surface area contributed by atoms with E-state index in [1.165, 1.54) is 19.2 Å². The highest BCUT2D eigenvalue weighted by Gasteiger charge is 2.20. The number of rotatable bonds is 7. The maximum atomic E-state index is 12.8. The molecule has 0 radical (unpaired) electrons. The van der Waals surface area contributed by atoms with Crippen molar-refractivity contribution in [2.24, 2.45) is 0 Å². The second-order valence-electron chi connectivity index (χ2n) is 7.05. The zero-order chi connectivity index (χ0) is 23.3. The number of aromatic nitrogens is 2. The van der Waals surface area contributed by atoms with Crippen LogP contribution in [0.25, 0.3) is 11.3 Å². The van der Waals surface area contributed by atoms with Gasteiger partial charge in [0.15, 0.2) is 0 Å². The summed E-state index contributed by atoms with van der Waals surface area (Å²) in [5, 5.41) is 2.98. The van der Waals surface area contributed by atoms with Gasteiger partial charge in [0.05, 0.1) is 28.5 Å². The molecule has 0 saturated heterocycles. The van der Waals surface area contributed by atoms with E-state index in [0.717, 1.165) is 16.2 Å². The lowest BCUT2D eigenvalue weighted by molar-refractivity contribution is -0.117. The van der Waals surface area contributed by atoms with E-state index in [4.69, 9.17) is 11.6 Å². The van der Waals surface area contributed by atoms with E-state index in [1.54, 1.807) is 30.5 Å². The van der Waals surface area contributed by atoms with E-state index in [0.29, 0.717) is 23.4 Å². The predicted octanol–water partition coefficient (Wildman–Crippen LogP) is 4.65. The summed E-state index contributed by atoms with van der Waals surface area (Å²) in [6, 6.07) is 11.7. The Bertz CT molecular complexity index is 1120. The van der Waals surface area contributed by atoms with Crippen LogP contribution >= 0.6 is 11.6 Å². The summed E-state index contributed by atoms with van der Waals surface area (Å²) in [7, 11) is 0. The molecule has 0 saturated carbocycles. The van der Waals surface area contributed by atoms with Gasteiger partial charge in [0.2, 0.25) is 5.91 Å². The van der Waals surface area contributed by atoms with Crippen LogP contribution in [-0.2, 0) is 11.3 Å². The molecule has 1 aromatic carbocycles. The number of alkyl halides is 2. The number of amides is 2. The SMILES string of the molecule is CC(=O)N(CC(F)F)c1ccc(-c2ccc(C(=O)NCc3cccnc3C)cn2)cc1Cl. The van der Waals surface area contributed by atoms with Crippen molar-refractivity contribution in [1.29, 1.82) is 0 Å². The highest BCUT2D eigenvalue weighted by atomic mass is 35.5. The third-order valence-electron chi connectivity index (χ3n) is 4.82. The van der Waals surface area contributed by atoms with Crippen molar-refractivity contribution < 1.29 is 18.4 Å². The number of halogens is 3. The minimum Gasteiger partial charge on any atom is -0.348 e. The van der Waals surface area contributed by atoms with Crippen LogP contribution in [0, 0.1) is 6.92 Å². The first kappa shape index (κ1) is 23.3. The van der Waals surface area contributed by atoms with E-state index in [-0.39, 0.29) is 16.6 Å². The van der Waals surface area contributed by atoms with Crippen LogP contribution in [0.3, 0.4) is 0 Å². The number of nitrogens with zero attached hydrogens (tertiary/aromatic N) is 3. The van der Waals surface area contributed by atoms with Gasteiger partial charge in [-0.25, -0.2) is 8.78 Å². The normalized spacial score (nSPS) is 10.8. The summed E-state index contributed by atoms with van der Waals surface area (Å²) < 4.78 is 25.6. The maximum Gasteiger partial charge on any atom is 0.256 e. The molecule has 2 aromatic heterocycles. The largest absolute Gasteiger partial charge is 0.348 e. The van der Waals surface area contributed by atoms with Gasteiger partial charge in [-0.3, -0.25) is 19.6 Å². The van der Waals surface area contributed by atoms with E-state index in [2.05, 4.69) is 15.3 Å². The molecule has 0 aliphatic rings. The van der Waals surface area contributed by atoms with Crippen LogP contribution in [-0.4, -0.2) is 34.8 Å². The molecule has 2 amide bonds. The van der Waals surface area contributed by atoms with Crippen LogP contribution in [0.5, 0.6) is 0 Å². The first-order valence-electron chi connectivity index (χ1n) is 9.77. The number of benzene rings is 1. The molecule has 0 atom stereocenters. The lowest BCUT2D eigenvalue weighted by Gasteiger charge is -2.22. The van der Waals surface area contributed by atoms with E-state index in [1.807, 2.05) is 19.1 Å². The zero-order valence-corrected chi connectivity index (χ0v) is 18.2. The Morgan fingerprint density at radius 1 is 1.16 bits per heavy atom. The average molecular weight is 459 g/mol. The van der Waals surface area contributed by atoms with Gasteiger partial charge >= 0.3 is 0 Å². The van der Waals surface area contributed by atoms with Crippen molar-refractivity contribution in [2.75, 3.05) is 11.4 Å². The summed E-state index contributed by atoms with van der Waals surface area (Å²) in [4.78, 5) is 33.6. The molecule has 0 fully saturated rings. The molecule has 3 aromatic rings. The summed E-state index contributed by atoms with van der Waals surface area (Å²) in [5.41, 5.74) is 3.52. The van der Waals surface area contributed by atoms with Crippen molar-refractivity contribution >= 4 is 29.1 Å². The van der Waals surface area contributed by atoms with Crippen molar-refractivity contribution in [3.8, 4) is 11.3 Å². The summed E-state index contributed by atoms with van der Waals surface area (Å²) in [6.07, 6.45) is 0.455. The predicted molar refractivity (Wildman–Crippen MR) is 119 cm³/mol. The van der Waals surface area contributed by atoms with Gasteiger partial charge in [0.25, 0.3) is 12.3 Å². The molecular formula is C23H21ClF2N4O2. The Labute approximate surface area is 189 Å². The highest BCUT2D eigenvalue weighted by Crippen LogP contribution is 2.31. The van der Waals surface area contributed by atoms with Crippen LogP contribution in [0.15, 0.2) is 54.9 Å². The fourth-order valence-corrected chi connectivity index (χ4v) is 3.38. The van der Waals surface area contributed by atoms with Crippen molar-refractivity contribution in [2.45, 2.75) is 26.8 Å². The van der Waals surface area contributed by atoms with Gasteiger partial charge in [0.1, 0.15) is 0 Å². The van der Waals surface area contributed by atoms with Gasteiger partial charge < -0.3 is 10.2 Å². The summed E-state index contributed by atoms with van der Waals surface area (Å²) >= 11 is 6.26.